The van der Waals surface area contributed by atoms with Gasteiger partial charge in [0.25, 0.3) is 5.69 Å². The monoisotopic (exact) mass is 336 g/mol. The molecule has 7 heteroatoms. The second kappa shape index (κ2) is 6.75. The summed E-state index contributed by atoms with van der Waals surface area (Å²) < 4.78 is 5.53. The SMILES string of the molecule is CC1=CC(C)(OC(=O)c2ccc([N+](=O)[O-])cc2)C(=[NH2+])C(C)=C1.[Cl-]. The molecule has 122 valence electrons. The second-order valence-corrected chi connectivity index (χ2v) is 5.43. The highest BCUT2D eigenvalue weighted by atomic mass is 35.5. The summed E-state index contributed by atoms with van der Waals surface area (Å²) in [5.41, 5.74) is 1.39. The van der Waals surface area contributed by atoms with Crippen molar-refractivity contribution in [1.29, 1.82) is 0 Å². The van der Waals surface area contributed by atoms with E-state index in [1.165, 1.54) is 24.3 Å². The summed E-state index contributed by atoms with van der Waals surface area (Å²) >= 11 is 0. The van der Waals surface area contributed by atoms with Crippen LogP contribution in [0.3, 0.4) is 0 Å². The average Bonchev–Trinajstić information content (AvgIpc) is 2.44. The van der Waals surface area contributed by atoms with E-state index in [1.807, 2.05) is 19.9 Å². The summed E-state index contributed by atoms with van der Waals surface area (Å²) in [4.78, 5) is 22.3. The van der Waals surface area contributed by atoms with Crippen LogP contribution < -0.4 is 17.8 Å². The molecule has 0 saturated carbocycles. The molecule has 2 N–H and O–H groups in total. The van der Waals surface area contributed by atoms with Crippen molar-refractivity contribution in [3.05, 3.63) is 63.2 Å². The highest BCUT2D eigenvalue weighted by Crippen LogP contribution is 2.26. The molecule has 0 amide bonds. The van der Waals surface area contributed by atoms with Crippen molar-refractivity contribution in [2.75, 3.05) is 0 Å². The van der Waals surface area contributed by atoms with Gasteiger partial charge >= 0.3 is 5.97 Å². The van der Waals surface area contributed by atoms with Crippen LogP contribution in [0.5, 0.6) is 0 Å². The van der Waals surface area contributed by atoms with Gasteiger partial charge in [0.2, 0.25) is 11.3 Å². The van der Waals surface area contributed by atoms with E-state index in [1.54, 1.807) is 13.0 Å². The highest BCUT2D eigenvalue weighted by molar-refractivity contribution is 6.06. The standard InChI is InChI=1S/C16H16N2O4.ClH/c1-10-8-11(2)14(17)16(3,9-10)22-15(19)12-4-6-13(7-5-12)18(20)21;/h4-9,17H,1-3H3;1H. The number of carbonyl (C=O) groups is 1. The first-order valence-corrected chi connectivity index (χ1v) is 6.72. The first-order chi connectivity index (χ1) is 10.2. The lowest BCUT2D eigenvalue weighted by Gasteiger charge is -2.27. The molecule has 2 rings (SSSR count). The fraction of sp³-hybridized carbons (Fsp3) is 0.250. The number of hydrogen-bond donors (Lipinski definition) is 1. The molecule has 0 radical (unpaired) electrons. The van der Waals surface area contributed by atoms with Crippen molar-refractivity contribution in [2.24, 2.45) is 0 Å². The number of nitro groups is 1. The number of nitrogens with zero attached hydrogens (tertiary/aromatic N) is 1. The van der Waals surface area contributed by atoms with Gasteiger partial charge in [-0.3, -0.25) is 15.5 Å². The largest absolute Gasteiger partial charge is 1.00 e. The van der Waals surface area contributed by atoms with Crippen LogP contribution in [0.25, 0.3) is 0 Å². The van der Waals surface area contributed by atoms with E-state index < -0.39 is 16.5 Å². The first-order valence-electron chi connectivity index (χ1n) is 6.72. The third-order valence-electron chi connectivity index (χ3n) is 3.53. The van der Waals surface area contributed by atoms with Crippen molar-refractivity contribution in [1.82, 2.24) is 0 Å². The zero-order valence-electron chi connectivity index (χ0n) is 13.0. The van der Waals surface area contributed by atoms with Gasteiger partial charge in [-0.25, -0.2) is 4.79 Å². The van der Waals surface area contributed by atoms with Crippen LogP contribution in [-0.2, 0) is 4.74 Å². The number of nitro benzene ring substituents is 1. The number of carbonyl (C=O) groups excluding carboxylic acids is 1. The Balaban J connectivity index is 0.00000264. The molecule has 0 fully saturated rings. The van der Waals surface area contributed by atoms with E-state index in [0.717, 1.165) is 11.1 Å². The predicted molar refractivity (Wildman–Crippen MR) is 81.4 cm³/mol. The minimum atomic E-state index is -1.03. The highest BCUT2D eigenvalue weighted by Gasteiger charge is 2.39. The number of halogens is 1. The molecule has 1 aliphatic carbocycles. The molecular formula is C16H17ClN2O4. The number of benzene rings is 1. The Bertz CT molecular complexity index is 722. The van der Waals surface area contributed by atoms with Crippen LogP contribution in [0.15, 0.2) is 47.6 Å². The molecular weight excluding hydrogens is 320 g/mol. The molecule has 0 saturated heterocycles. The topological polar surface area (TPSA) is 95.0 Å². The van der Waals surface area contributed by atoms with Gasteiger partial charge in [0.15, 0.2) is 0 Å². The molecule has 1 aliphatic rings. The smallest absolute Gasteiger partial charge is 0.339 e. The van der Waals surface area contributed by atoms with Gasteiger partial charge in [-0.1, -0.05) is 11.6 Å². The molecule has 23 heavy (non-hydrogen) atoms. The predicted octanol–water partition coefficient (Wildman–Crippen LogP) is -1.38. The Kier molecular flexibility index (Phi) is 5.45. The van der Waals surface area contributed by atoms with Gasteiger partial charge in [-0.05, 0) is 39.0 Å². The molecule has 0 aromatic heterocycles. The molecule has 0 spiro atoms. The molecule has 1 atom stereocenters. The molecule has 1 aromatic carbocycles. The third-order valence-corrected chi connectivity index (χ3v) is 3.53. The minimum absolute atomic E-state index is 0. The molecule has 1 aromatic rings. The number of rotatable bonds is 3. The van der Waals surface area contributed by atoms with Crippen LogP contribution in [0, 0.1) is 10.1 Å². The molecule has 0 aliphatic heterocycles. The summed E-state index contributed by atoms with van der Waals surface area (Å²) in [5, 5.41) is 16.7. The van der Waals surface area contributed by atoms with Crippen LogP contribution in [0.4, 0.5) is 5.69 Å². The summed E-state index contributed by atoms with van der Waals surface area (Å²) in [6, 6.07) is 5.25. The Hall–Kier alpha value is -2.47. The normalized spacial score (nSPS) is 20.0. The first kappa shape index (κ1) is 18.6. The molecule has 0 bridgehead atoms. The van der Waals surface area contributed by atoms with Gasteiger partial charge in [0, 0.05) is 17.7 Å². The zero-order chi connectivity index (χ0) is 16.5. The zero-order valence-corrected chi connectivity index (χ0v) is 13.8. The van der Waals surface area contributed by atoms with Crippen LogP contribution in [-0.4, -0.2) is 22.2 Å². The van der Waals surface area contributed by atoms with Crippen molar-refractivity contribution in [2.45, 2.75) is 26.4 Å². The van der Waals surface area contributed by atoms with Gasteiger partial charge < -0.3 is 17.1 Å². The molecule has 0 heterocycles. The lowest BCUT2D eigenvalue weighted by Crippen LogP contribution is -3.00. The number of allylic oxidation sites excluding steroid dienone is 2. The average molecular weight is 337 g/mol. The van der Waals surface area contributed by atoms with E-state index in [9.17, 15) is 14.9 Å². The minimum Gasteiger partial charge on any atom is -1.00 e. The summed E-state index contributed by atoms with van der Waals surface area (Å²) in [6.45, 7) is 5.46. The Morgan fingerprint density at radius 3 is 2.35 bits per heavy atom. The molecule has 1 unspecified atom stereocenters. The third kappa shape index (κ3) is 3.84. The van der Waals surface area contributed by atoms with E-state index in [-0.39, 0.29) is 23.7 Å². The van der Waals surface area contributed by atoms with E-state index in [2.05, 4.69) is 0 Å². The maximum Gasteiger partial charge on any atom is 0.339 e. The summed E-state index contributed by atoms with van der Waals surface area (Å²) in [5.74, 6) is -0.584. The number of hydrogen-bond acceptors (Lipinski definition) is 4. The fourth-order valence-corrected chi connectivity index (χ4v) is 2.42. The van der Waals surface area contributed by atoms with Crippen molar-refractivity contribution >= 4 is 17.4 Å². The fourth-order valence-electron chi connectivity index (χ4n) is 2.42. The Morgan fingerprint density at radius 2 is 1.83 bits per heavy atom. The molecule has 6 nitrogen and oxygen atoms in total. The quantitative estimate of drug-likeness (QED) is 0.418. The van der Waals surface area contributed by atoms with Gasteiger partial charge in [0.05, 0.1) is 10.5 Å². The van der Waals surface area contributed by atoms with E-state index in [4.69, 9.17) is 10.1 Å². The van der Waals surface area contributed by atoms with Crippen molar-refractivity contribution in [3.63, 3.8) is 0 Å². The van der Waals surface area contributed by atoms with Gasteiger partial charge in [-0.15, -0.1) is 0 Å². The number of non-ortho nitro benzene ring substituents is 1. The van der Waals surface area contributed by atoms with Crippen molar-refractivity contribution < 1.29 is 32.3 Å². The van der Waals surface area contributed by atoms with Crippen molar-refractivity contribution in [3.8, 4) is 0 Å². The van der Waals surface area contributed by atoms with Crippen LogP contribution >= 0.6 is 0 Å². The number of esters is 1. The van der Waals surface area contributed by atoms with Crippen LogP contribution in [0.1, 0.15) is 31.1 Å². The summed E-state index contributed by atoms with van der Waals surface area (Å²) in [7, 11) is 0. The Morgan fingerprint density at radius 1 is 1.26 bits per heavy atom. The van der Waals surface area contributed by atoms with Gasteiger partial charge in [0.1, 0.15) is 0 Å². The Labute approximate surface area is 139 Å². The maximum absolute atomic E-state index is 12.2. The lowest BCUT2D eigenvalue weighted by molar-refractivity contribution is -0.384. The number of nitrogens with two attached hydrogens (primary N) is 1. The van der Waals surface area contributed by atoms with Gasteiger partial charge in [-0.2, -0.15) is 0 Å². The second-order valence-electron chi connectivity index (χ2n) is 5.43. The van der Waals surface area contributed by atoms with E-state index >= 15 is 0 Å². The number of ether oxygens (including phenoxy) is 1. The summed E-state index contributed by atoms with van der Waals surface area (Å²) in [6.07, 6.45) is 3.69. The van der Waals surface area contributed by atoms with Crippen LogP contribution in [0.2, 0.25) is 0 Å². The van der Waals surface area contributed by atoms with E-state index in [0.29, 0.717) is 5.71 Å². The maximum atomic E-state index is 12.2. The lowest BCUT2D eigenvalue weighted by atomic mass is 9.86.